The smallest absolute Gasteiger partial charge is 0.242 e. The zero-order chi connectivity index (χ0) is 24.2. The second-order valence-corrected chi connectivity index (χ2v) is 10.9. The fourth-order valence-electron chi connectivity index (χ4n) is 4.48. The first-order valence-electron chi connectivity index (χ1n) is 11.5. The zero-order valence-corrected chi connectivity index (χ0v) is 21.7. The van der Waals surface area contributed by atoms with E-state index < -0.39 is 0 Å². The average Bonchev–Trinajstić information content (AvgIpc) is 3.27. The van der Waals surface area contributed by atoms with Crippen LogP contribution < -0.4 is 0 Å². The molecule has 2 aromatic carbocycles. The lowest BCUT2D eigenvalue weighted by Gasteiger charge is -2.38. The number of thiophene rings is 1. The van der Waals surface area contributed by atoms with Crippen LogP contribution in [-0.4, -0.2) is 41.2 Å². The molecule has 0 saturated heterocycles. The summed E-state index contributed by atoms with van der Waals surface area (Å²) in [5.74, 6) is 0.136. The molecule has 1 unspecified atom stereocenters. The molecule has 3 aromatic rings. The minimum absolute atomic E-state index is 0.0393. The van der Waals surface area contributed by atoms with E-state index in [2.05, 4.69) is 25.3 Å². The highest BCUT2D eigenvalue weighted by Crippen LogP contribution is 2.41. The Labute approximate surface area is 215 Å². The summed E-state index contributed by atoms with van der Waals surface area (Å²) < 4.78 is 0. The lowest BCUT2D eigenvalue weighted by Crippen LogP contribution is -2.48. The monoisotopic (exact) mass is 514 g/mol. The molecule has 0 saturated carbocycles. The molecule has 0 aliphatic carbocycles. The van der Waals surface area contributed by atoms with Crippen molar-refractivity contribution < 1.29 is 9.59 Å². The standard InChI is InChI=1S/C27H28Cl2N2O2S/c1-18(2)16-30(25(32)14-19-6-4-3-5-7-19)17-26(33)31-12-10-24-22(11-13-34-24)27(31)21-9-8-20(28)15-23(21)29/h3-9,11,13,15,18,27H,10,12,14,16-17H2,1-2H3. The van der Waals surface area contributed by atoms with Crippen molar-refractivity contribution in [2.24, 2.45) is 5.92 Å². The largest absolute Gasteiger partial charge is 0.333 e. The van der Waals surface area contributed by atoms with Gasteiger partial charge in [0.25, 0.3) is 0 Å². The van der Waals surface area contributed by atoms with Gasteiger partial charge in [-0.3, -0.25) is 9.59 Å². The molecule has 2 heterocycles. The van der Waals surface area contributed by atoms with Crippen LogP contribution >= 0.6 is 34.5 Å². The molecule has 0 fully saturated rings. The molecule has 1 atom stereocenters. The Bertz CT molecular complexity index is 1160. The van der Waals surface area contributed by atoms with E-state index in [9.17, 15) is 9.59 Å². The SMILES string of the molecule is CC(C)CN(CC(=O)N1CCc2sccc2C1c1ccc(Cl)cc1Cl)C(=O)Cc1ccccc1. The zero-order valence-electron chi connectivity index (χ0n) is 19.3. The predicted molar refractivity (Wildman–Crippen MR) is 140 cm³/mol. The molecule has 1 aliphatic rings. The van der Waals surface area contributed by atoms with Gasteiger partial charge in [-0.15, -0.1) is 11.3 Å². The molecular formula is C27H28Cl2N2O2S. The van der Waals surface area contributed by atoms with E-state index >= 15 is 0 Å². The molecule has 4 rings (SSSR count). The molecule has 0 spiro atoms. The van der Waals surface area contributed by atoms with Gasteiger partial charge in [0.15, 0.2) is 0 Å². The summed E-state index contributed by atoms with van der Waals surface area (Å²) in [5, 5.41) is 3.15. The van der Waals surface area contributed by atoms with Crippen LogP contribution in [0.2, 0.25) is 10.0 Å². The van der Waals surface area contributed by atoms with Crippen LogP contribution in [-0.2, 0) is 22.4 Å². The van der Waals surface area contributed by atoms with E-state index in [1.165, 1.54) is 4.88 Å². The molecule has 0 bridgehead atoms. The van der Waals surface area contributed by atoms with E-state index in [0.29, 0.717) is 23.1 Å². The highest BCUT2D eigenvalue weighted by molar-refractivity contribution is 7.10. The molecule has 178 valence electrons. The Morgan fingerprint density at radius 1 is 1.09 bits per heavy atom. The van der Waals surface area contributed by atoms with E-state index in [-0.39, 0.29) is 36.7 Å². The topological polar surface area (TPSA) is 40.6 Å². The number of halogens is 2. The van der Waals surface area contributed by atoms with Crippen LogP contribution in [0, 0.1) is 5.92 Å². The minimum atomic E-state index is -0.294. The maximum atomic E-state index is 13.7. The summed E-state index contributed by atoms with van der Waals surface area (Å²) in [5.41, 5.74) is 2.89. The van der Waals surface area contributed by atoms with Gasteiger partial charge in [-0.2, -0.15) is 0 Å². The number of hydrogen-bond acceptors (Lipinski definition) is 3. The summed E-state index contributed by atoms with van der Waals surface area (Å²) >= 11 is 14.4. The maximum absolute atomic E-state index is 13.7. The minimum Gasteiger partial charge on any atom is -0.333 e. The van der Waals surface area contributed by atoms with Crippen molar-refractivity contribution in [3.05, 3.63) is 91.6 Å². The Hall–Kier alpha value is -2.34. The van der Waals surface area contributed by atoms with Crippen molar-refractivity contribution in [1.29, 1.82) is 0 Å². The number of fused-ring (bicyclic) bond motifs is 1. The van der Waals surface area contributed by atoms with E-state index in [1.807, 2.05) is 41.3 Å². The summed E-state index contributed by atoms with van der Waals surface area (Å²) in [4.78, 5) is 31.7. The first kappa shape index (κ1) is 24.8. The summed E-state index contributed by atoms with van der Waals surface area (Å²) in [6.45, 7) is 5.27. The summed E-state index contributed by atoms with van der Waals surface area (Å²) in [6, 6.07) is 16.9. The third-order valence-corrected chi connectivity index (χ3v) is 7.56. The van der Waals surface area contributed by atoms with Crippen molar-refractivity contribution >= 4 is 46.4 Å². The van der Waals surface area contributed by atoms with Crippen LogP contribution in [0.4, 0.5) is 0 Å². The number of rotatable bonds is 7. The van der Waals surface area contributed by atoms with Crippen LogP contribution in [0.25, 0.3) is 0 Å². The maximum Gasteiger partial charge on any atom is 0.242 e. The van der Waals surface area contributed by atoms with E-state index in [0.717, 1.165) is 23.1 Å². The third kappa shape index (κ3) is 5.65. The quantitative estimate of drug-likeness (QED) is 0.373. The number of amides is 2. The van der Waals surface area contributed by atoms with Crippen molar-refractivity contribution in [3.63, 3.8) is 0 Å². The fourth-order valence-corrected chi connectivity index (χ4v) is 5.89. The second-order valence-electron chi connectivity index (χ2n) is 9.04. The Balaban J connectivity index is 1.60. The van der Waals surface area contributed by atoms with Gasteiger partial charge in [-0.05, 0) is 52.6 Å². The molecule has 7 heteroatoms. The summed E-state index contributed by atoms with van der Waals surface area (Å²) in [7, 11) is 0. The van der Waals surface area contributed by atoms with E-state index in [4.69, 9.17) is 23.2 Å². The number of benzene rings is 2. The van der Waals surface area contributed by atoms with Crippen molar-refractivity contribution in [1.82, 2.24) is 9.80 Å². The highest BCUT2D eigenvalue weighted by atomic mass is 35.5. The first-order valence-corrected chi connectivity index (χ1v) is 13.1. The Morgan fingerprint density at radius 3 is 2.56 bits per heavy atom. The van der Waals surface area contributed by atoms with Gasteiger partial charge in [0.2, 0.25) is 11.8 Å². The van der Waals surface area contributed by atoms with Crippen LogP contribution in [0.3, 0.4) is 0 Å². The first-order chi connectivity index (χ1) is 16.3. The van der Waals surface area contributed by atoms with Crippen molar-refractivity contribution in [3.8, 4) is 0 Å². The van der Waals surface area contributed by atoms with Crippen LogP contribution in [0.1, 0.15) is 41.5 Å². The molecule has 1 aromatic heterocycles. The molecule has 34 heavy (non-hydrogen) atoms. The number of carbonyl (C=O) groups is 2. The van der Waals surface area contributed by atoms with Gasteiger partial charge >= 0.3 is 0 Å². The van der Waals surface area contributed by atoms with Crippen molar-refractivity contribution in [2.75, 3.05) is 19.6 Å². The fraction of sp³-hybridized carbons (Fsp3) is 0.333. The molecule has 1 aliphatic heterocycles. The number of carbonyl (C=O) groups excluding carboxylic acids is 2. The lowest BCUT2D eigenvalue weighted by molar-refractivity contribution is -0.141. The lowest BCUT2D eigenvalue weighted by atomic mass is 9.93. The van der Waals surface area contributed by atoms with Gasteiger partial charge in [-0.1, -0.05) is 73.4 Å². The van der Waals surface area contributed by atoms with Crippen molar-refractivity contribution in [2.45, 2.75) is 32.7 Å². The van der Waals surface area contributed by atoms with E-state index in [1.54, 1.807) is 28.4 Å². The second kappa shape index (κ2) is 10.9. The highest BCUT2D eigenvalue weighted by Gasteiger charge is 2.35. The number of nitrogens with zero attached hydrogens (tertiary/aromatic N) is 2. The molecule has 4 nitrogen and oxygen atoms in total. The molecule has 0 N–H and O–H groups in total. The summed E-state index contributed by atoms with van der Waals surface area (Å²) in [6.07, 6.45) is 1.07. The van der Waals surface area contributed by atoms with Gasteiger partial charge in [0.1, 0.15) is 0 Å². The van der Waals surface area contributed by atoms with Crippen LogP contribution in [0.15, 0.2) is 60.0 Å². The predicted octanol–water partition coefficient (Wildman–Crippen LogP) is 6.26. The van der Waals surface area contributed by atoms with Gasteiger partial charge in [0.05, 0.1) is 19.0 Å². The Kier molecular flexibility index (Phi) is 7.97. The normalized spacial score (nSPS) is 15.3. The van der Waals surface area contributed by atoms with Crippen LogP contribution in [0.5, 0.6) is 0 Å². The van der Waals surface area contributed by atoms with Gasteiger partial charge in [0, 0.05) is 28.0 Å². The Morgan fingerprint density at radius 2 is 1.85 bits per heavy atom. The van der Waals surface area contributed by atoms with Gasteiger partial charge in [-0.25, -0.2) is 0 Å². The molecular weight excluding hydrogens is 487 g/mol. The molecule has 0 radical (unpaired) electrons. The molecule has 2 amide bonds. The van der Waals surface area contributed by atoms with Gasteiger partial charge < -0.3 is 9.80 Å². The number of hydrogen-bond donors (Lipinski definition) is 0. The third-order valence-electron chi connectivity index (χ3n) is 6.01. The average molecular weight is 516 g/mol.